The van der Waals surface area contributed by atoms with Crippen molar-refractivity contribution in [3.8, 4) is 0 Å². The summed E-state index contributed by atoms with van der Waals surface area (Å²) in [7, 11) is 0. The molecule has 1 aromatic heterocycles. The van der Waals surface area contributed by atoms with Crippen LogP contribution in [0.2, 0.25) is 0 Å². The van der Waals surface area contributed by atoms with Crippen molar-refractivity contribution < 1.29 is 14.8 Å². The number of nitrogens with one attached hydrogen (secondary N) is 3. The van der Waals surface area contributed by atoms with Gasteiger partial charge in [0.1, 0.15) is 6.04 Å². The normalized spacial score (nSPS) is 15.2. The van der Waals surface area contributed by atoms with Crippen molar-refractivity contribution in [1.29, 1.82) is 5.41 Å². The number of carbonyl (C=O) groups excluding carboxylic acids is 2. The molecule has 200 valence electrons. The first kappa shape index (κ1) is 29.8. The van der Waals surface area contributed by atoms with Crippen LogP contribution in [-0.4, -0.2) is 62.5 Å². The summed E-state index contributed by atoms with van der Waals surface area (Å²) in [4.78, 5) is 42.8. The molecule has 4 N–H and O–H groups in total. The molecule has 1 aliphatic rings. The van der Waals surface area contributed by atoms with E-state index in [1.54, 1.807) is 6.08 Å². The number of nitrogens with zero attached hydrogens (tertiary/aromatic N) is 3. The quantitative estimate of drug-likeness (QED) is 0.0845. The third kappa shape index (κ3) is 9.83. The fraction of sp³-hybridized carbons (Fsp3) is 0.462. The number of amides is 1. The van der Waals surface area contributed by atoms with Crippen LogP contribution in [-0.2, 0) is 9.59 Å². The second kappa shape index (κ2) is 16.3. The van der Waals surface area contributed by atoms with Crippen LogP contribution in [0.3, 0.4) is 0 Å². The molecule has 2 rings (SSSR count). The molecule has 37 heavy (non-hydrogen) atoms. The first-order chi connectivity index (χ1) is 17.9. The summed E-state index contributed by atoms with van der Waals surface area (Å²) in [6.45, 7) is 4.93. The Morgan fingerprint density at radius 1 is 1.32 bits per heavy atom. The molecule has 1 atom stereocenters. The summed E-state index contributed by atoms with van der Waals surface area (Å²) in [5.74, 6) is 0.625. The number of oxime groups is 1. The van der Waals surface area contributed by atoms with E-state index >= 15 is 0 Å². The number of hydrogen-bond donors (Lipinski definition) is 4. The zero-order valence-corrected chi connectivity index (χ0v) is 22.0. The van der Waals surface area contributed by atoms with Gasteiger partial charge in [0.05, 0.1) is 30.3 Å². The van der Waals surface area contributed by atoms with E-state index in [9.17, 15) is 14.4 Å². The van der Waals surface area contributed by atoms with Crippen LogP contribution < -0.4 is 16.2 Å². The molecule has 10 nitrogen and oxygen atoms in total. The number of carbonyl (C=O) groups is 2. The van der Waals surface area contributed by atoms with Crippen LogP contribution in [0, 0.1) is 11.3 Å². The van der Waals surface area contributed by atoms with Gasteiger partial charge in [0, 0.05) is 12.4 Å². The summed E-state index contributed by atoms with van der Waals surface area (Å²) in [6.07, 6.45) is 16.7. The molecule has 1 amide bonds. The molecule has 11 heteroatoms. The molecular formula is C26H36N6O4S. The molecule has 1 fully saturated rings. The fourth-order valence-electron chi connectivity index (χ4n) is 3.96. The minimum atomic E-state index is -0.757. The van der Waals surface area contributed by atoms with Gasteiger partial charge in [-0.05, 0) is 37.9 Å². The maximum Gasteiger partial charge on any atom is 0.294 e. The van der Waals surface area contributed by atoms with Crippen LogP contribution in [0.15, 0.2) is 59.3 Å². The Morgan fingerprint density at radius 3 is 2.78 bits per heavy atom. The lowest BCUT2D eigenvalue weighted by molar-refractivity contribution is -0.128. The van der Waals surface area contributed by atoms with Gasteiger partial charge >= 0.3 is 0 Å². The number of hydrogen-bond acceptors (Lipinski definition) is 9. The monoisotopic (exact) mass is 528 g/mol. The molecule has 1 heterocycles. The predicted molar refractivity (Wildman–Crippen MR) is 149 cm³/mol. The summed E-state index contributed by atoms with van der Waals surface area (Å²) < 4.78 is 1.36. The molecule has 0 radical (unpaired) electrons. The van der Waals surface area contributed by atoms with Gasteiger partial charge in [0.2, 0.25) is 5.91 Å². The highest BCUT2D eigenvalue weighted by atomic mass is 32.2. The SMILES string of the molecule is C=C/C=C\C=C/CCSCC(=O)CNC(=O)C(C1CCCC1)n1ccnc(NCC(=N)/C(C)=N\O)c1=O. The zero-order valence-electron chi connectivity index (χ0n) is 21.2. The predicted octanol–water partition coefficient (Wildman–Crippen LogP) is 3.36. The second-order valence-electron chi connectivity index (χ2n) is 8.64. The standard InChI is InChI=1S/C26H36N6O4S/c1-3-4-5-6-7-10-15-37-18-21(33)16-30-25(34)23(20-11-8-9-12-20)32-14-13-28-24(26(32)35)29-17-22(27)19(2)31-36/h3-7,13-14,20,23,27,36H,1,8-12,15-18H2,2H3,(H,28,29)(H,30,34)/b5-4-,7-6-,27-22?,31-19-. The van der Waals surface area contributed by atoms with Gasteiger partial charge < -0.3 is 21.3 Å². The molecule has 1 saturated carbocycles. The van der Waals surface area contributed by atoms with E-state index in [0.29, 0.717) is 5.75 Å². The van der Waals surface area contributed by atoms with Gasteiger partial charge in [0.15, 0.2) is 11.6 Å². The number of aromatic nitrogens is 2. The number of Topliss-reactive ketones (excluding diaryl/α,β-unsaturated/α-hetero) is 1. The lowest BCUT2D eigenvalue weighted by Crippen LogP contribution is -2.43. The maximum atomic E-state index is 13.2. The molecular weight excluding hydrogens is 492 g/mol. The molecule has 0 aliphatic heterocycles. The van der Waals surface area contributed by atoms with Crippen molar-refractivity contribution in [3.63, 3.8) is 0 Å². The third-order valence-electron chi connectivity index (χ3n) is 5.95. The van der Waals surface area contributed by atoms with Crippen LogP contribution in [0.25, 0.3) is 0 Å². The molecule has 1 aromatic rings. The van der Waals surface area contributed by atoms with Crippen molar-refractivity contribution in [1.82, 2.24) is 14.9 Å². The summed E-state index contributed by atoms with van der Waals surface area (Å²) in [5, 5.41) is 25.2. The topological polar surface area (TPSA) is 150 Å². The highest BCUT2D eigenvalue weighted by Gasteiger charge is 2.33. The summed E-state index contributed by atoms with van der Waals surface area (Å²) >= 11 is 1.51. The average molecular weight is 529 g/mol. The number of allylic oxidation sites excluding steroid dienone is 5. The Bertz CT molecular complexity index is 1090. The van der Waals surface area contributed by atoms with Gasteiger partial charge in [-0.25, -0.2) is 4.98 Å². The first-order valence-corrected chi connectivity index (χ1v) is 13.4. The highest BCUT2D eigenvalue weighted by molar-refractivity contribution is 7.99. The lowest BCUT2D eigenvalue weighted by atomic mass is 9.97. The van der Waals surface area contributed by atoms with Crippen LogP contribution in [0.1, 0.15) is 45.1 Å². The number of rotatable bonds is 16. The van der Waals surface area contributed by atoms with E-state index in [0.717, 1.165) is 37.9 Å². The number of thioether (sulfide) groups is 1. The van der Waals surface area contributed by atoms with E-state index in [4.69, 9.17) is 10.6 Å². The maximum absolute atomic E-state index is 13.2. The van der Waals surface area contributed by atoms with Gasteiger partial charge in [-0.15, -0.1) is 0 Å². The van der Waals surface area contributed by atoms with Crippen LogP contribution in [0.5, 0.6) is 0 Å². The Morgan fingerprint density at radius 2 is 2.08 bits per heavy atom. The Labute approximate surface area is 221 Å². The van der Waals surface area contributed by atoms with Gasteiger partial charge in [0.25, 0.3) is 5.56 Å². The number of ketones is 1. The highest BCUT2D eigenvalue weighted by Crippen LogP contribution is 2.34. The zero-order chi connectivity index (χ0) is 27.0. The Balaban J connectivity index is 1.99. The Kier molecular flexibility index (Phi) is 13.1. The molecule has 0 bridgehead atoms. The van der Waals surface area contributed by atoms with Gasteiger partial charge in [-0.2, -0.15) is 11.8 Å². The average Bonchev–Trinajstić information content (AvgIpc) is 3.43. The first-order valence-electron chi connectivity index (χ1n) is 12.3. The van der Waals surface area contributed by atoms with Crippen molar-refractivity contribution >= 4 is 40.7 Å². The molecule has 0 aromatic carbocycles. The van der Waals surface area contributed by atoms with Crippen molar-refractivity contribution in [2.75, 3.05) is 29.9 Å². The van der Waals surface area contributed by atoms with Gasteiger partial charge in [-0.3, -0.25) is 19.0 Å². The smallest absolute Gasteiger partial charge is 0.294 e. The van der Waals surface area contributed by atoms with E-state index < -0.39 is 11.6 Å². The van der Waals surface area contributed by atoms with E-state index in [1.165, 1.54) is 35.6 Å². The fourth-order valence-corrected chi connectivity index (χ4v) is 4.74. The van der Waals surface area contributed by atoms with E-state index in [-0.39, 0.29) is 47.9 Å². The molecule has 1 unspecified atom stereocenters. The largest absolute Gasteiger partial charge is 0.411 e. The van der Waals surface area contributed by atoms with Crippen molar-refractivity contribution in [3.05, 3.63) is 59.7 Å². The molecule has 1 aliphatic carbocycles. The minimum Gasteiger partial charge on any atom is -0.411 e. The molecule has 0 saturated heterocycles. The van der Waals surface area contributed by atoms with Crippen molar-refractivity contribution in [2.45, 2.75) is 45.1 Å². The minimum absolute atomic E-state index is 0.00104. The second-order valence-corrected chi connectivity index (χ2v) is 9.75. The summed E-state index contributed by atoms with van der Waals surface area (Å²) in [5.41, 5.74) is -0.369. The van der Waals surface area contributed by atoms with Crippen molar-refractivity contribution in [2.24, 2.45) is 11.1 Å². The Hall–Kier alpha value is -3.47. The summed E-state index contributed by atoms with van der Waals surface area (Å²) in [6, 6.07) is -0.757. The number of anilines is 1. The van der Waals surface area contributed by atoms with E-state index in [2.05, 4.69) is 27.4 Å². The molecule has 0 spiro atoms. The van der Waals surface area contributed by atoms with Crippen LogP contribution >= 0.6 is 11.8 Å². The van der Waals surface area contributed by atoms with Crippen LogP contribution in [0.4, 0.5) is 5.82 Å². The van der Waals surface area contributed by atoms with E-state index in [1.807, 2.05) is 24.3 Å². The third-order valence-corrected chi connectivity index (χ3v) is 7.00. The van der Waals surface area contributed by atoms with Gasteiger partial charge in [-0.1, -0.05) is 55.0 Å². The lowest BCUT2D eigenvalue weighted by Gasteiger charge is -2.25.